The molecule has 0 aromatic heterocycles. The molecule has 0 fully saturated rings. The Bertz CT molecular complexity index is 475. The first kappa shape index (κ1) is 16.6. The van der Waals surface area contributed by atoms with E-state index in [1.807, 2.05) is 32.0 Å². The number of nitrogens with zero attached hydrogens (tertiary/aromatic N) is 1. The fraction of sp³-hybridized carbons (Fsp3) is 0.500. The van der Waals surface area contributed by atoms with Gasteiger partial charge in [0.2, 0.25) is 0 Å². The Hall–Kier alpha value is -1.43. The van der Waals surface area contributed by atoms with Gasteiger partial charge in [-0.1, -0.05) is 19.0 Å². The number of hydrogen-bond acceptors (Lipinski definition) is 4. The standard InChI is InChI=1S/C14H22BrN3O2/c1-14(2,13(16)18-19)7-4-8-17-12-9-10(20-3)5-6-11(12)15/h5-6,9,17,19H,4,7-8H2,1-3H3,(H2,16,18). The molecule has 20 heavy (non-hydrogen) atoms. The number of hydrogen-bond donors (Lipinski definition) is 3. The third kappa shape index (κ3) is 4.59. The van der Waals surface area contributed by atoms with Gasteiger partial charge in [-0.05, 0) is 40.9 Å². The summed E-state index contributed by atoms with van der Waals surface area (Å²) in [5.41, 5.74) is 6.35. The Morgan fingerprint density at radius 1 is 1.50 bits per heavy atom. The fourth-order valence-electron chi connectivity index (χ4n) is 1.78. The molecule has 0 aliphatic carbocycles. The number of amidine groups is 1. The lowest BCUT2D eigenvalue weighted by atomic mass is 9.86. The topological polar surface area (TPSA) is 79.9 Å². The maximum absolute atomic E-state index is 8.73. The van der Waals surface area contributed by atoms with E-state index < -0.39 is 0 Å². The Balaban J connectivity index is 2.49. The van der Waals surface area contributed by atoms with Gasteiger partial charge >= 0.3 is 0 Å². The summed E-state index contributed by atoms with van der Waals surface area (Å²) in [4.78, 5) is 0. The van der Waals surface area contributed by atoms with Crippen molar-refractivity contribution in [1.29, 1.82) is 0 Å². The van der Waals surface area contributed by atoms with E-state index in [4.69, 9.17) is 15.7 Å². The number of nitrogens with one attached hydrogen (secondary N) is 1. The van der Waals surface area contributed by atoms with Crippen LogP contribution in [-0.2, 0) is 0 Å². The minimum absolute atomic E-state index is 0.264. The van der Waals surface area contributed by atoms with Crippen LogP contribution in [0.5, 0.6) is 5.75 Å². The van der Waals surface area contributed by atoms with E-state index in [1.54, 1.807) is 7.11 Å². The molecule has 112 valence electrons. The van der Waals surface area contributed by atoms with Crippen LogP contribution in [0, 0.1) is 5.41 Å². The molecular formula is C14H22BrN3O2. The Morgan fingerprint density at radius 3 is 2.80 bits per heavy atom. The summed E-state index contributed by atoms with van der Waals surface area (Å²) in [5, 5.41) is 15.2. The highest BCUT2D eigenvalue weighted by molar-refractivity contribution is 9.10. The van der Waals surface area contributed by atoms with Gasteiger partial charge in [0, 0.05) is 22.5 Å². The first-order chi connectivity index (χ1) is 9.40. The van der Waals surface area contributed by atoms with Gasteiger partial charge < -0.3 is 21.0 Å². The van der Waals surface area contributed by atoms with Crippen molar-refractivity contribution in [2.24, 2.45) is 16.3 Å². The molecule has 0 aliphatic rings. The normalized spacial score (nSPS) is 12.3. The van der Waals surface area contributed by atoms with Crippen molar-refractivity contribution in [3.63, 3.8) is 0 Å². The van der Waals surface area contributed by atoms with E-state index in [9.17, 15) is 0 Å². The quantitative estimate of drug-likeness (QED) is 0.233. The number of benzene rings is 1. The van der Waals surface area contributed by atoms with Gasteiger partial charge in [0.15, 0.2) is 0 Å². The van der Waals surface area contributed by atoms with Crippen LogP contribution in [-0.4, -0.2) is 24.7 Å². The van der Waals surface area contributed by atoms with Crippen LogP contribution < -0.4 is 15.8 Å². The zero-order valence-electron chi connectivity index (χ0n) is 12.1. The van der Waals surface area contributed by atoms with Crippen LogP contribution in [0.1, 0.15) is 26.7 Å². The average molecular weight is 344 g/mol. The molecule has 0 atom stereocenters. The van der Waals surface area contributed by atoms with Crippen LogP contribution in [0.4, 0.5) is 5.69 Å². The highest BCUT2D eigenvalue weighted by Gasteiger charge is 2.22. The van der Waals surface area contributed by atoms with E-state index in [-0.39, 0.29) is 11.3 Å². The molecule has 1 aromatic carbocycles. The van der Waals surface area contributed by atoms with Crippen LogP contribution >= 0.6 is 15.9 Å². The molecule has 5 nitrogen and oxygen atoms in total. The largest absolute Gasteiger partial charge is 0.497 e. The first-order valence-electron chi connectivity index (χ1n) is 6.46. The van der Waals surface area contributed by atoms with Gasteiger partial charge in [-0.2, -0.15) is 0 Å². The summed E-state index contributed by atoms with van der Waals surface area (Å²) in [7, 11) is 1.65. The second-order valence-electron chi connectivity index (χ2n) is 5.25. The zero-order valence-corrected chi connectivity index (χ0v) is 13.7. The number of anilines is 1. The summed E-state index contributed by atoms with van der Waals surface area (Å²) in [5.74, 6) is 1.08. The number of ether oxygens (including phenoxy) is 1. The summed E-state index contributed by atoms with van der Waals surface area (Å²) in [6, 6.07) is 5.79. The molecule has 0 spiro atoms. The molecule has 4 N–H and O–H groups in total. The van der Waals surface area contributed by atoms with E-state index in [0.29, 0.717) is 0 Å². The first-order valence-corrected chi connectivity index (χ1v) is 7.25. The van der Waals surface area contributed by atoms with Crippen LogP contribution in [0.15, 0.2) is 27.8 Å². The van der Waals surface area contributed by atoms with Crippen molar-refractivity contribution in [3.05, 3.63) is 22.7 Å². The predicted molar refractivity (Wildman–Crippen MR) is 85.6 cm³/mol. The second-order valence-corrected chi connectivity index (χ2v) is 6.10. The molecule has 1 rings (SSSR count). The van der Waals surface area contributed by atoms with Crippen molar-refractivity contribution in [2.45, 2.75) is 26.7 Å². The van der Waals surface area contributed by atoms with Gasteiger partial charge in [-0.25, -0.2) is 0 Å². The molecule has 0 unspecified atom stereocenters. The Morgan fingerprint density at radius 2 is 2.20 bits per heavy atom. The minimum atomic E-state index is -0.304. The molecule has 0 saturated heterocycles. The maximum Gasteiger partial charge on any atom is 0.144 e. The van der Waals surface area contributed by atoms with Crippen molar-refractivity contribution < 1.29 is 9.94 Å². The van der Waals surface area contributed by atoms with Crippen LogP contribution in [0.2, 0.25) is 0 Å². The van der Waals surface area contributed by atoms with Crippen LogP contribution in [0.3, 0.4) is 0 Å². The number of methoxy groups -OCH3 is 1. The van der Waals surface area contributed by atoms with Gasteiger partial charge in [-0.3, -0.25) is 0 Å². The Kier molecular flexibility index (Phi) is 6.13. The molecule has 0 saturated carbocycles. The van der Waals surface area contributed by atoms with Crippen LogP contribution in [0.25, 0.3) is 0 Å². The van der Waals surface area contributed by atoms with E-state index in [2.05, 4.69) is 26.4 Å². The lowest BCUT2D eigenvalue weighted by molar-refractivity contribution is 0.305. The minimum Gasteiger partial charge on any atom is -0.497 e. The third-order valence-corrected chi connectivity index (χ3v) is 3.96. The highest BCUT2D eigenvalue weighted by Crippen LogP contribution is 2.28. The maximum atomic E-state index is 8.73. The summed E-state index contributed by atoms with van der Waals surface area (Å²) in [6.45, 7) is 4.72. The van der Waals surface area contributed by atoms with Gasteiger partial charge in [0.25, 0.3) is 0 Å². The SMILES string of the molecule is COc1ccc(Br)c(NCCCC(C)(C)C(N)=NO)c1. The smallest absolute Gasteiger partial charge is 0.144 e. The molecular weight excluding hydrogens is 322 g/mol. The van der Waals surface area contributed by atoms with Crippen molar-refractivity contribution in [3.8, 4) is 5.75 Å². The fourth-order valence-corrected chi connectivity index (χ4v) is 2.17. The monoisotopic (exact) mass is 343 g/mol. The molecule has 0 radical (unpaired) electrons. The molecule has 6 heteroatoms. The molecule has 1 aromatic rings. The molecule has 0 aliphatic heterocycles. The molecule has 0 amide bonds. The van der Waals surface area contributed by atoms with Gasteiger partial charge in [-0.15, -0.1) is 0 Å². The van der Waals surface area contributed by atoms with Crippen molar-refractivity contribution >= 4 is 27.5 Å². The number of nitrogens with two attached hydrogens (primary N) is 1. The van der Waals surface area contributed by atoms with Crippen molar-refractivity contribution in [2.75, 3.05) is 19.0 Å². The van der Waals surface area contributed by atoms with Gasteiger partial charge in [0.05, 0.1) is 12.8 Å². The van der Waals surface area contributed by atoms with E-state index in [1.165, 1.54) is 0 Å². The average Bonchev–Trinajstić information content (AvgIpc) is 2.44. The Labute approximate surface area is 128 Å². The zero-order chi connectivity index (χ0) is 15.2. The second kappa shape index (κ2) is 7.38. The third-order valence-electron chi connectivity index (χ3n) is 3.27. The molecule has 0 heterocycles. The molecule has 0 bridgehead atoms. The number of rotatable bonds is 7. The summed E-state index contributed by atoms with van der Waals surface area (Å²) < 4.78 is 6.19. The van der Waals surface area contributed by atoms with E-state index in [0.717, 1.165) is 35.3 Å². The van der Waals surface area contributed by atoms with E-state index >= 15 is 0 Å². The summed E-state index contributed by atoms with van der Waals surface area (Å²) >= 11 is 3.50. The summed E-state index contributed by atoms with van der Waals surface area (Å²) in [6.07, 6.45) is 1.74. The lowest BCUT2D eigenvalue weighted by Crippen LogP contribution is -2.32. The number of oxime groups is 1. The number of halogens is 1. The van der Waals surface area contributed by atoms with Gasteiger partial charge in [0.1, 0.15) is 11.6 Å². The van der Waals surface area contributed by atoms with Crippen molar-refractivity contribution in [1.82, 2.24) is 0 Å². The predicted octanol–water partition coefficient (Wildman–Crippen LogP) is 3.42. The lowest BCUT2D eigenvalue weighted by Gasteiger charge is -2.22. The highest BCUT2D eigenvalue weighted by atomic mass is 79.9.